The lowest BCUT2D eigenvalue weighted by Gasteiger charge is -2.10. The van der Waals surface area contributed by atoms with Gasteiger partial charge in [-0.15, -0.1) is 0 Å². The highest BCUT2D eigenvalue weighted by molar-refractivity contribution is 7.92. The molecule has 1 amide bonds. The van der Waals surface area contributed by atoms with Crippen molar-refractivity contribution in [2.24, 2.45) is 0 Å². The molecule has 3 aromatic carbocycles. The first kappa shape index (κ1) is 20.1. The summed E-state index contributed by atoms with van der Waals surface area (Å²) in [4.78, 5) is 12.3. The maximum atomic E-state index is 13.2. The van der Waals surface area contributed by atoms with Gasteiger partial charge in [-0.3, -0.25) is 9.52 Å². The van der Waals surface area contributed by atoms with Crippen LogP contribution >= 0.6 is 23.2 Å². The van der Waals surface area contributed by atoms with Crippen LogP contribution in [0.5, 0.6) is 0 Å². The van der Waals surface area contributed by atoms with E-state index in [1.54, 1.807) is 0 Å². The second kappa shape index (κ2) is 8.18. The second-order valence-corrected chi connectivity index (χ2v) is 8.25. The quantitative estimate of drug-likeness (QED) is 0.575. The lowest BCUT2D eigenvalue weighted by Crippen LogP contribution is -2.14. The van der Waals surface area contributed by atoms with Crippen LogP contribution in [-0.4, -0.2) is 14.3 Å². The van der Waals surface area contributed by atoms with E-state index in [0.29, 0.717) is 10.7 Å². The highest BCUT2D eigenvalue weighted by Crippen LogP contribution is 2.21. The number of sulfonamides is 1. The van der Waals surface area contributed by atoms with Gasteiger partial charge in [-0.1, -0.05) is 23.2 Å². The number of nitrogens with one attached hydrogen (secondary N) is 2. The molecule has 144 valence electrons. The molecule has 28 heavy (non-hydrogen) atoms. The molecule has 0 bridgehead atoms. The van der Waals surface area contributed by atoms with E-state index in [2.05, 4.69) is 10.0 Å². The van der Waals surface area contributed by atoms with Gasteiger partial charge in [0.25, 0.3) is 15.9 Å². The van der Waals surface area contributed by atoms with Crippen molar-refractivity contribution in [3.05, 3.63) is 88.2 Å². The Morgan fingerprint density at radius 3 is 2.07 bits per heavy atom. The summed E-state index contributed by atoms with van der Waals surface area (Å²) < 4.78 is 40.3. The number of carbonyl (C=O) groups excluding carboxylic acids is 1. The van der Waals surface area contributed by atoms with Crippen LogP contribution < -0.4 is 10.0 Å². The first-order chi connectivity index (χ1) is 13.2. The van der Waals surface area contributed by atoms with Crippen LogP contribution in [0.1, 0.15) is 10.4 Å². The minimum atomic E-state index is -3.78. The molecule has 0 unspecified atom stereocenters. The van der Waals surface area contributed by atoms with Crippen LogP contribution in [0.3, 0.4) is 0 Å². The largest absolute Gasteiger partial charge is 0.322 e. The van der Waals surface area contributed by atoms with Crippen LogP contribution in [0.15, 0.2) is 71.6 Å². The van der Waals surface area contributed by atoms with Crippen molar-refractivity contribution in [2.45, 2.75) is 4.90 Å². The Balaban J connectivity index is 1.71. The molecule has 3 rings (SSSR count). The summed E-state index contributed by atoms with van der Waals surface area (Å²) in [6.45, 7) is 0. The molecule has 0 saturated carbocycles. The third-order valence-electron chi connectivity index (χ3n) is 3.70. The third-order valence-corrected chi connectivity index (χ3v) is 5.64. The zero-order chi connectivity index (χ0) is 20.3. The number of rotatable bonds is 5. The molecule has 2 N–H and O–H groups in total. The maximum Gasteiger partial charge on any atom is 0.261 e. The van der Waals surface area contributed by atoms with Gasteiger partial charge in [0.1, 0.15) is 5.82 Å². The van der Waals surface area contributed by atoms with Crippen LogP contribution in [0.2, 0.25) is 10.0 Å². The maximum absolute atomic E-state index is 13.2. The monoisotopic (exact) mass is 438 g/mol. The topological polar surface area (TPSA) is 75.3 Å². The number of hydrogen-bond acceptors (Lipinski definition) is 3. The van der Waals surface area contributed by atoms with Gasteiger partial charge in [0.05, 0.1) is 9.92 Å². The van der Waals surface area contributed by atoms with E-state index in [0.717, 1.165) is 6.07 Å². The number of hydrogen-bond donors (Lipinski definition) is 2. The summed E-state index contributed by atoms with van der Waals surface area (Å²) in [6.07, 6.45) is 0. The normalized spacial score (nSPS) is 11.1. The number of carbonyl (C=O) groups is 1. The Morgan fingerprint density at radius 1 is 0.857 bits per heavy atom. The van der Waals surface area contributed by atoms with E-state index in [4.69, 9.17) is 23.2 Å². The fourth-order valence-corrected chi connectivity index (χ4v) is 3.66. The number of anilines is 2. The highest BCUT2D eigenvalue weighted by atomic mass is 35.5. The van der Waals surface area contributed by atoms with E-state index < -0.39 is 21.7 Å². The van der Waals surface area contributed by atoms with Crippen molar-refractivity contribution in [3.63, 3.8) is 0 Å². The summed E-state index contributed by atoms with van der Waals surface area (Å²) >= 11 is 11.5. The van der Waals surface area contributed by atoms with Crippen molar-refractivity contribution in [2.75, 3.05) is 10.0 Å². The molecular formula is C19H13Cl2FN2O3S. The van der Waals surface area contributed by atoms with Crippen LogP contribution in [0.25, 0.3) is 0 Å². The first-order valence-corrected chi connectivity index (χ1v) is 10.1. The number of halogens is 3. The Morgan fingerprint density at radius 2 is 1.46 bits per heavy atom. The van der Waals surface area contributed by atoms with E-state index >= 15 is 0 Å². The van der Waals surface area contributed by atoms with Gasteiger partial charge in [0, 0.05) is 22.0 Å². The van der Waals surface area contributed by atoms with Gasteiger partial charge in [0.15, 0.2) is 0 Å². The molecule has 0 aliphatic heterocycles. The lowest BCUT2D eigenvalue weighted by atomic mass is 10.2. The van der Waals surface area contributed by atoms with Crippen LogP contribution in [0, 0.1) is 5.82 Å². The summed E-state index contributed by atoms with van der Waals surface area (Å²) in [5.41, 5.74) is 0.912. The van der Waals surface area contributed by atoms with E-state index in [1.165, 1.54) is 60.7 Å². The Hall–Kier alpha value is -2.61. The zero-order valence-corrected chi connectivity index (χ0v) is 16.4. The molecule has 0 saturated heterocycles. The Bertz CT molecular complexity index is 1120. The SMILES string of the molecule is O=C(Nc1ccc(F)c(Cl)c1)c1ccc(NS(=O)(=O)c2ccc(Cl)cc2)cc1. The summed E-state index contributed by atoms with van der Waals surface area (Å²) in [6, 6.07) is 15.4. The number of amides is 1. The molecule has 0 heterocycles. The molecule has 0 aromatic heterocycles. The molecule has 0 atom stereocenters. The Labute approximate surface area is 171 Å². The van der Waals surface area contributed by atoms with Crippen molar-refractivity contribution in [1.29, 1.82) is 0 Å². The minimum absolute atomic E-state index is 0.0620. The molecule has 3 aromatic rings. The molecule has 5 nitrogen and oxygen atoms in total. The van der Waals surface area contributed by atoms with Crippen molar-refractivity contribution in [1.82, 2.24) is 0 Å². The van der Waals surface area contributed by atoms with Crippen molar-refractivity contribution < 1.29 is 17.6 Å². The van der Waals surface area contributed by atoms with E-state index in [9.17, 15) is 17.6 Å². The third kappa shape index (κ3) is 4.81. The zero-order valence-electron chi connectivity index (χ0n) is 14.1. The summed E-state index contributed by atoms with van der Waals surface area (Å²) in [7, 11) is -3.78. The fourth-order valence-electron chi connectivity index (χ4n) is 2.29. The standard InChI is InChI=1S/C19H13Cl2FN2O3S/c20-13-3-8-16(9-4-13)28(26,27)24-14-5-1-12(2-6-14)19(25)23-15-7-10-18(22)17(21)11-15/h1-11,24H,(H,23,25). The first-order valence-electron chi connectivity index (χ1n) is 7.89. The summed E-state index contributed by atoms with van der Waals surface area (Å²) in [5, 5.41) is 2.90. The smallest absolute Gasteiger partial charge is 0.261 e. The molecule has 0 aliphatic carbocycles. The molecule has 0 spiro atoms. The average molecular weight is 439 g/mol. The van der Waals surface area contributed by atoms with Crippen LogP contribution in [0.4, 0.5) is 15.8 Å². The number of benzene rings is 3. The minimum Gasteiger partial charge on any atom is -0.322 e. The van der Waals surface area contributed by atoms with Crippen molar-refractivity contribution >= 4 is 50.5 Å². The van der Waals surface area contributed by atoms with Gasteiger partial charge in [0.2, 0.25) is 0 Å². The Kier molecular flexibility index (Phi) is 5.88. The predicted octanol–water partition coefficient (Wildman–Crippen LogP) is 5.19. The molecule has 0 radical (unpaired) electrons. The lowest BCUT2D eigenvalue weighted by molar-refractivity contribution is 0.102. The van der Waals surface area contributed by atoms with Crippen molar-refractivity contribution in [3.8, 4) is 0 Å². The van der Waals surface area contributed by atoms with Gasteiger partial charge in [-0.2, -0.15) is 0 Å². The predicted molar refractivity (Wildman–Crippen MR) is 108 cm³/mol. The fraction of sp³-hybridized carbons (Fsp3) is 0. The highest BCUT2D eigenvalue weighted by Gasteiger charge is 2.14. The molecular weight excluding hydrogens is 426 g/mol. The second-order valence-electron chi connectivity index (χ2n) is 5.72. The van der Waals surface area contributed by atoms with Gasteiger partial charge >= 0.3 is 0 Å². The van der Waals surface area contributed by atoms with E-state index in [-0.39, 0.29) is 21.2 Å². The molecule has 0 aliphatic rings. The van der Waals surface area contributed by atoms with Gasteiger partial charge in [-0.05, 0) is 66.7 Å². The summed E-state index contributed by atoms with van der Waals surface area (Å²) in [5.74, 6) is -1.04. The molecule has 0 fully saturated rings. The van der Waals surface area contributed by atoms with Gasteiger partial charge < -0.3 is 5.32 Å². The van der Waals surface area contributed by atoms with Crippen LogP contribution in [-0.2, 0) is 10.0 Å². The van der Waals surface area contributed by atoms with Gasteiger partial charge in [-0.25, -0.2) is 12.8 Å². The average Bonchev–Trinajstić information content (AvgIpc) is 2.65. The van der Waals surface area contributed by atoms with E-state index in [1.807, 2.05) is 0 Å². The molecule has 9 heteroatoms.